The van der Waals surface area contributed by atoms with Crippen LogP contribution in [0.25, 0.3) is 5.69 Å². The maximum atomic E-state index is 13.2. The third-order valence-corrected chi connectivity index (χ3v) is 6.00. The number of hydrogen-bond donors (Lipinski definition) is 1. The number of carbonyl (C=O) groups excluding carboxylic acids is 2. The zero-order valence-electron chi connectivity index (χ0n) is 18.2. The molecule has 7 nitrogen and oxygen atoms in total. The van der Waals surface area contributed by atoms with Gasteiger partial charge in [0.05, 0.1) is 23.1 Å². The highest BCUT2D eigenvalue weighted by Gasteiger charge is 2.25. The van der Waals surface area contributed by atoms with Crippen LogP contribution in [0.3, 0.4) is 0 Å². The van der Waals surface area contributed by atoms with Crippen LogP contribution in [-0.4, -0.2) is 57.7 Å². The topological polar surface area (TPSA) is 70.5 Å². The summed E-state index contributed by atoms with van der Waals surface area (Å²) in [5.41, 5.74) is 4.15. The number of para-hydroxylation sites is 1. The summed E-state index contributed by atoms with van der Waals surface area (Å²) >= 11 is 5.90. The van der Waals surface area contributed by atoms with Gasteiger partial charge in [0.1, 0.15) is 0 Å². The first-order valence-electron chi connectivity index (χ1n) is 10.7. The van der Waals surface area contributed by atoms with Gasteiger partial charge in [-0.1, -0.05) is 29.8 Å². The average Bonchev–Trinajstić information content (AvgIpc) is 3.00. The van der Waals surface area contributed by atoms with Crippen LogP contribution >= 0.6 is 11.6 Å². The predicted molar refractivity (Wildman–Crippen MR) is 126 cm³/mol. The summed E-state index contributed by atoms with van der Waals surface area (Å²) in [5, 5.41) is 7.98. The molecule has 166 valence electrons. The number of anilines is 1. The van der Waals surface area contributed by atoms with Crippen LogP contribution < -0.4 is 5.32 Å². The lowest BCUT2D eigenvalue weighted by atomic mass is 10.2. The number of aromatic nitrogens is 2. The summed E-state index contributed by atoms with van der Waals surface area (Å²) in [5.74, 6) is -0.0534. The lowest BCUT2D eigenvalue weighted by Crippen LogP contribution is -2.39. The molecule has 1 aromatic heterocycles. The normalized spacial score (nSPS) is 14.2. The van der Waals surface area contributed by atoms with Crippen molar-refractivity contribution in [2.45, 2.75) is 20.3 Å². The Balaban J connectivity index is 1.42. The minimum atomic E-state index is -0.176. The average molecular weight is 452 g/mol. The van der Waals surface area contributed by atoms with E-state index >= 15 is 0 Å². The van der Waals surface area contributed by atoms with Crippen molar-refractivity contribution in [3.63, 3.8) is 0 Å². The fourth-order valence-corrected chi connectivity index (χ4v) is 4.02. The molecule has 0 saturated carbocycles. The maximum Gasteiger partial charge on any atom is 0.321 e. The molecule has 32 heavy (non-hydrogen) atoms. The van der Waals surface area contributed by atoms with Crippen LogP contribution in [0.5, 0.6) is 0 Å². The smallest absolute Gasteiger partial charge is 0.321 e. The van der Waals surface area contributed by atoms with Gasteiger partial charge >= 0.3 is 6.03 Å². The monoisotopic (exact) mass is 451 g/mol. The van der Waals surface area contributed by atoms with Crippen molar-refractivity contribution in [2.24, 2.45) is 0 Å². The van der Waals surface area contributed by atoms with E-state index in [1.165, 1.54) is 0 Å². The van der Waals surface area contributed by atoms with Crippen molar-refractivity contribution < 1.29 is 9.59 Å². The number of benzene rings is 2. The Morgan fingerprint density at radius 2 is 1.62 bits per heavy atom. The molecule has 2 heterocycles. The quantitative estimate of drug-likeness (QED) is 0.636. The van der Waals surface area contributed by atoms with Crippen LogP contribution in [0.1, 0.15) is 28.0 Å². The van der Waals surface area contributed by atoms with Crippen molar-refractivity contribution in [3.05, 3.63) is 76.6 Å². The van der Waals surface area contributed by atoms with E-state index in [-0.39, 0.29) is 11.9 Å². The third kappa shape index (κ3) is 4.62. The molecule has 0 aliphatic carbocycles. The molecule has 1 aliphatic heterocycles. The van der Waals surface area contributed by atoms with E-state index in [9.17, 15) is 9.59 Å². The summed E-state index contributed by atoms with van der Waals surface area (Å²) in [6.45, 7) is 6.06. The first kappa shape index (κ1) is 21.9. The summed E-state index contributed by atoms with van der Waals surface area (Å²) < 4.78 is 1.81. The summed E-state index contributed by atoms with van der Waals surface area (Å²) in [7, 11) is 0. The lowest BCUT2D eigenvalue weighted by Gasteiger charge is -2.22. The maximum absolute atomic E-state index is 13.2. The van der Waals surface area contributed by atoms with Crippen molar-refractivity contribution in [1.82, 2.24) is 19.6 Å². The van der Waals surface area contributed by atoms with Gasteiger partial charge in [0, 0.05) is 36.9 Å². The molecule has 0 bridgehead atoms. The van der Waals surface area contributed by atoms with Crippen LogP contribution in [0.15, 0.2) is 54.7 Å². The molecular weight excluding hydrogens is 426 g/mol. The minimum Gasteiger partial charge on any atom is -0.337 e. The number of urea groups is 1. The van der Waals surface area contributed by atoms with Gasteiger partial charge in [-0.2, -0.15) is 5.10 Å². The standard InChI is InChI=1S/C24H26ClN5O2/c1-17-6-3-4-7-22(17)30-18(2)21(16-26-30)23(31)28-12-5-13-29(15-14-28)24(32)27-20-10-8-19(25)9-11-20/h3-4,6-11,16H,5,12-15H2,1-2H3,(H,27,32). The fourth-order valence-electron chi connectivity index (χ4n) is 3.89. The molecule has 1 N–H and O–H groups in total. The number of carbonyl (C=O) groups is 2. The number of amides is 3. The molecule has 3 amide bonds. The highest BCUT2D eigenvalue weighted by molar-refractivity contribution is 6.30. The van der Waals surface area contributed by atoms with E-state index in [2.05, 4.69) is 10.4 Å². The van der Waals surface area contributed by atoms with Gasteiger partial charge in [-0.05, 0) is 56.2 Å². The number of halogens is 1. The van der Waals surface area contributed by atoms with Gasteiger partial charge in [0.2, 0.25) is 0 Å². The molecule has 1 saturated heterocycles. The summed E-state index contributed by atoms with van der Waals surface area (Å²) in [6, 6.07) is 14.8. The number of nitrogens with zero attached hydrogens (tertiary/aromatic N) is 4. The van der Waals surface area contributed by atoms with E-state index in [4.69, 9.17) is 11.6 Å². The van der Waals surface area contributed by atoms with Crippen LogP contribution in [0.2, 0.25) is 5.02 Å². The molecule has 4 rings (SSSR count). The molecule has 0 radical (unpaired) electrons. The van der Waals surface area contributed by atoms with E-state index in [1.54, 1.807) is 35.4 Å². The van der Waals surface area contributed by atoms with Crippen molar-refractivity contribution in [2.75, 3.05) is 31.5 Å². The Hall–Kier alpha value is -3.32. The van der Waals surface area contributed by atoms with Gasteiger partial charge in [-0.3, -0.25) is 4.79 Å². The van der Waals surface area contributed by atoms with Crippen LogP contribution in [0.4, 0.5) is 10.5 Å². The van der Waals surface area contributed by atoms with Gasteiger partial charge in [-0.15, -0.1) is 0 Å². The molecule has 2 aromatic carbocycles. The fraction of sp³-hybridized carbons (Fsp3) is 0.292. The highest BCUT2D eigenvalue weighted by Crippen LogP contribution is 2.20. The predicted octanol–water partition coefficient (Wildman–Crippen LogP) is 4.52. The van der Waals surface area contributed by atoms with Crippen LogP contribution in [0, 0.1) is 13.8 Å². The Labute approximate surface area is 192 Å². The number of nitrogens with one attached hydrogen (secondary N) is 1. The van der Waals surface area contributed by atoms with Gasteiger partial charge < -0.3 is 15.1 Å². The Kier molecular flexibility index (Phi) is 6.46. The SMILES string of the molecule is Cc1ccccc1-n1ncc(C(=O)N2CCCN(C(=O)Nc3ccc(Cl)cc3)CC2)c1C. The lowest BCUT2D eigenvalue weighted by molar-refractivity contribution is 0.0762. The second-order valence-electron chi connectivity index (χ2n) is 7.91. The van der Waals surface area contributed by atoms with Gasteiger partial charge in [0.25, 0.3) is 5.91 Å². The minimum absolute atomic E-state index is 0.0534. The number of rotatable bonds is 3. The molecule has 1 aliphatic rings. The Morgan fingerprint density at radius 1 is 0.938 bits per heavy atom. The molecule has 0 atom stereocenters. The molecule has 1 fully saturated rings. The first-order valence-corrected chi connectivity index (χ1v) is 11.0. The third-order valence-electron chi connectivity index (χ3n) is 5.75. The Morgan fingerprint density at radius 3 is 2.38 bits per heavy atom. The van der Waals surface area contributed by atoms with E-state index in [0.717, 1.165) is 16.9 Å². The molecule has 0 spiro atoms. The first-order chi connectivity index (χ1) is 15.4. The van der Waals surface area contributed by atoms with Crippen LogP contribution in [-0.2, 0) is 0 Å². The summed E-state index contributed by atoms with van der Waals surface area (Å²) in [4.78, 5) is 29.5. The number of aryl methyl sites for hydroxylation is 1. The molecule has 0 unspecified atom stereocenters. The van der Waals surface area contributed by atoms with E-state index < -0.39 is 0 Å². The Bertz CT molecular complexity index is 1130. The largest absolute Gasteiger partial charge is 0.337 e. The van der Waals surface area contributed by atoms with Crippen molar-refractivity contribution >= 4 is 29.2 Å². The second-order valence-corrected chi connectivity index (χ2v) is 8.35. The number of hydrogen-bond acceptors (Lipinski definition) is 3. The van der Waals surface area contributed by atoms with E-state index in [0.29, 0.717) is 48.9 Å². The second kappa shape index (κ2) is 9.44. The summed E-state index contributed by atoms with van der Waals surface area (Å²) in [6.07, 6.45) is 2.35. The zero-order valence-corrected chi connectivity index (χ0v) is 19.0. The van der Waals surface area contributed by atoms with Gasteiger partial charge in [0.15, 0.2) is 0 Å². The highest BCUT2D eigenvalue weighted by atomic mass is 35.5. The molecule has 8 heteroatoms. The van der Waals surface area contributed by atoms with Crippen molar-refractivity contribution in [1.29, 1.82) is 0 Å². The molecule has 3 aromatic rings. The van der Waals surface area contributed by atoms with E-state index in [1.807, 2.05) is 47.7 Å². The molecular formula is C24H26ClN5O2. The van der Waals surface area contributed by atoms with Gasteiger partial charge in [-0.25, -0.2) is 9.48 Å². The van der Waals surface area contributed by atoms with Crippen molar-refractivity contribution in [3.8, 4) is 5.69 Å². The zero-order chi connectivity index (χ0) is 22.7.